The van der Waals surface area contributed by atoms with Crippen LogP contribution in [0, 0.1) is 5.92 Å². The fourth-order valence-electron chi connectivity index (χ4n) is 4.25. The number of rotatable bonds is 4. The summed E-state index contributed by atoms with van der Waals surface area (Å²) in [7, 11) is 0. The molecule has 1 amide bonds. The number of halogens is 3. The monoisotopic (exact) mass is 397 g/mol. The second-order valence-corrected chi connectivity index (χ2v) is 8.12. The highest BCUT2D eigenvalue weighted by Crippen LogP contribution is 2.32. The van der Waals surface area contributed by atoms with E-state index in [-0.39, 0.29) is 18.0 Å². The standard InChI is InChI=1S/C21H30F3N3O/c1-15-6-3-4-9-19(15)25-20(28)16(2)26-10-12-27(13-11-26)18-8-5-7-17(14-18)21(22,23)24/h5,7-8,14-16,19H,3-4,6,9-13H2,1-2H3,(H,25,28)/t15-,16+,19+/m0/s1. The highest BCUT2D eigenvalue weighted by molar-refractivity contribution is 5.81. The fraction of sp³-hybridized carbons (Fsp3) is 0.667. The Hall–Kier alpha value is -1.76. The molecule has 1 N–H and O–H groups in total. The van der Waals surface area contributed by atoms with Crippen molar-refractivity contribution in [2.75, 3.05) is 31.1 Å². The largest absolute Gasteiger partial charge is 0.416 e. The maximum Gasteiger partial charge on any atom is 0.416 e. The van der Waals surface area contributed by atoms with Gasteiger partial charge in [-0.25, -0.2) is 0 Å². The predicted molar refractivity (Wildman–Crippen MR) is 104 cm³/mol. The van der Waals surface area contributed by atoms with E-state index in [1.54, 1.807) is 6.07 Å². The van der Waals surface area contributed by atoms with Gasteiger partial charge in [-0.05, 0) is 43.9 Å². The molecule has 2 aliphatic rings. The molecule has 3 rings (SSSR count). The van der Waals surface area contributed by atoms with Crippen molar-refractivity contribution in [2.45, 2.75) is 57.8 Å². The second kappa shape index (κ2) is 8.72. The Bertz CT molecular complexity index is 671. The summed E-state index contributed by atoms with van der Waals surface area (Å²) in [6.45, 7) is 6.65. The van der Waals surface area contributed by atoms with Gasteiger partial charge in [0.1, 0.15) is 0 Å². The van der Waals surface area contributed by atoms with Crippen molar-refractivity contribution in [3.05, 3.63) is 29.8 Å². The number of benzene rings is 1. The average Bonchev–Trinajstić information content (AvgIpc) is 2.69. The van der Waals surface area contributed by atoms with Gasteiger partial charge < -0.3 is 10.2 Å². The van der Waals surface area contributed by atoms with Crippen LogP contribution in [0.1, 0.15) is 45.1 Å². The summed E-state index contributed by atoms with van der Waals surface area (Å²) in [4.78, 5) is 16.7. The zero-order valence-corrected chi connectivity index (χ0v) is 16.6. The maximum absolute atomic E-state index is 12.9. The highest BCUT2D eigenvalue weighted by Gasteiger charge is 2.32. The van der Waals surface area contributed by atoms with Crippen molar-refractivity contribution >= 4 is 11.6 Å². The van der Waals surface area contributed by atoms with Gasteiger partial charge in [-0.2, -0.15) is 13.2 Å². The van der Waals surface area contributed by atoms with Gasteiger partial charge in [0, 0.05) is 37.9 Å². The highest BCUT2D eigenvalue weighted by atomic mass is 19.4. The van der Waals surface area contributed by atoms with E-state index >= 15 is 0 Å². The first-order valence-corrected chi connectivity index (χ1v) is 10.2. The number of anilines is 1. The second-order valence-electron chi connectivity index (χ2n) is 8.12. The molecule has 1 aliphatic carbocycles. The molecule has 1 heterocycles. The van der Waals surface area contributed by atoms with Crippen LogP contribution in [0.2, 0.25) is 0 Å². The summed E-state index contributed by atoms with van der Waals surface area (Å²) in [5.74, 6) is 0.578. The first-order valence-electron chi connectivity index (χ1n) is 10.2. The average molecular weight is 397 g/mol. The van der Waals surface area contributed by atoms with E-state index in [4.69, 9.17) is 0 Å². The van der Waals surface area contributed by atoms with E-state index in [2.05, 4.69) is 17.1 Å². The summed E-state index contributed by atoms with van der Waals surface area (Å²) in [6, 6.07) is 5.50. The van der Waals surface area contributed by atoms with E-state index in [0.29, 0.717) is 37.8 Å². The molecule has 2 fully saturated rings. The Labute approximate surface area is 165 Å². The van der Waals surface area contributed by atoms with Gasteiger partial charge in [0.25, 0.3) is 0 Å². The third-order valence-corrected chi connectivity index (χ3v) is 6.22. The number of hydrogen-bond donors (Lipinski definition) is 1. The number of amides is 1. The Balaban J connectivity index is 1.54. The van der Waals surface area contributed by atoms with Gasteiger partial charge in [-0.15, -0.1) is 0 Å². The van der Waals surface area contributed by atoms with E-state index < -0.39 is 11.7 Å². The molecule has 4 nitrogen and oxygen atoms in total. The quantitative estimate of drug-likeness (QED) is 0.837. The van der Waals surface area contributed by atoms with Crippen LogP contribution in [-0.2, 0) is 11.0 Å². The van der Waals surface area contributed by atoms with Crippen molar-refractivity contribution in [2.24, 2.45) is 5.92 Å². The predicted octanol–water partition coefficient (Wildman–Crippen LogP) is 3.91. The molecule has 156 valence electrons. The molecule has 0 bridgehead atoms. The van der Waals surface area contributed by atoms with Crippen LogP contribution in [-0.4, -0.2) is 49.1 Å². The van der Waals surface area contributed by atoms with Crippen molar-refractivity contribution < 1.29 is 18.0 Å². The van der Waals surface area contributed by atoms with Gasteiger partial charge in [0.05, 0.1) is 11.6 Å². The van der Waals surface area contributed by atoms with Crippen LogP contribution in [0.5, 0.6) is 0 Å². The van der Waals surface area contributed by atoms with Gasteiger partial charge in [-0.3, -0.25) is 9.69 Å². The molecule has 1 saturated carbocycles. The number of alkyl halides is 3. The van der Waals surface area contributed by atoms with E-state index in [1.165, 1.54) is 25.0 Å². The number of nitrogens with one attached hydrogen (secondary N) is 1. The molecule has 0 unspecified atom stereocenters. The van der Waals surface area contributed by atoms with Crippen molar-refractivity contribution in [1.29, 1.82) is 0 Å². The molecule has 28 heavy (non-hydrogen) atoms. The SMILES string of the molecule is C[C@H](C(=O)N[C@@H]1CCCC[C@@H]1C)N1CCN(c2cccc(C(F)(F)F)c2)CC1. The minimum absolute atomic E-state index is 0.0614. The minimum atomic E-state index is -4.33. The van der Waals surface area contributed by atoms with Crippen LogP contribution >= 0.6 is 0 Å². The van der Waals surface area contributed by atoms with Gasteiger partial charge in [-0.1, -0.05) is 25.8 Å². The zero-order valence-electron chi connectivity index (χ0n) is 16.6. The fourth-order valence-corrected chi connectivity index (χ4v) is 4.25. The molecule has 0 radical (unpaired) electrons. The summed E-state index contributed by atoms with van der Waals surface area (Å²) in [5, 5.41) is 3.21. The molecular formula is C21H30F3N3O. The minimum Gasteiger partial charge on any atom is -0.369 e. The molecule has 7 heteroatoms. The summed E-state index contributed by atoms with van der Waals surface area (Å²) >= 11 is 0. The maximum atomic E-state index is 12.9. The number of nitrogens with zero attached hydrogens (tertiary/aromatic N) is 2. The lowest BCUT2D eigenvalue weighted by Crippen LogP contribution is -2.55. The Kier molecular flexibility index (Phi) is 6.53. The van der Waals surface area contributed by atoms with Gasteiger partial charge >= 0.3 is 6.18 Å². The molecule has 1 saturated heterocycles. The molecular weight excluding hydrogens is 367 g/mol. The molecule has 3 atom stereocenters. The molecule has 1 aromatic carbocycles. The van der Waals surface area contributed by atoms with Crippen LogP contribution in [0.4, 0.5) is 18.9 Å². The first kappa shape index (κ1) is 21.0. The molecule has 1 aliphatic heterocycles. The summed E-state index contributed by atoms with van der Waals surface area (Å²) in [6.07, 6.45) is 0.276. The van der Waals surface area contributed by atoms with Crippen molar-refractivity contribution in [3.8, 4) is 0 Å². The zero-order chi connectivity index (χ0) is 20.3. The third-order valence-electron chi connectivity index (χ3n) is 6.22. The van der Waals surface area contributed by atoms with Crippen LogP contribution in [0.15, 0.2) is 24.3 Å². The number of carbonyl (C=O) groups is 1. The Morgan fingerprint density at radius 2 is 1.82 bits per heavy atom. The lowest BCUT2D eigenvalue weighted by atomic mass is 9.86. The molecule has 0 aromatic heterocycles. The third kappa shape index (κ3) is 4.99. The van der Waals surface area contributed by atoms with E-state index in [1.807, 2.05) is 11.8 Å². The number of carbonyl (C=O) groups excluding carboxylic acids is 1. The normalized spacial score (nSPS) is 25.4. The molecule has 1 aromatic rings. The van der Waals surface area contributed by atoms with Crippen LogP contribution in [0.3, 0.4) is 0 Å². The first-order chi connectivity index (χ1) is 13.3. The van der Waals surface area contributed by atoms with E-state index in [0.717, 1.165) is 18.9 Å². The number of piperazine rings is 1. The van der Waals surface area contributed by atoms with Gasteiger partial charge in [0.15, 0.2) is 0 Å². The topological polar surface area (TPSA) is 35.6 Å². The van der Waals surface area contributed by atoms with Crippen molar-refractivity contribution in [3.63, 3.8) is 0 Å². The van der Waals surface area contributed by atoms with E-state index in [9.17, 15) is 18.0 Å². The Morgan fingerprint density at radius 1 is 1.14 bits per heavy atom. The summed E-state index contributed by atoms with van der Waals surface area (Å²) < 4.78 is 38.8. The van der Waals surface area contributed by atoms with Crippen molar-refractivity contribution in [1.82, 2.24) is 10.2 Å². The lowest BCUT2D eigenvalue weighted by molar-refractivity contribution is -0.137. The Morgan fingerprint density at radius 3 is 2.46 bits per heavy atom. The molecule has 0 spiro atoms. The van der Waals surface area contributed by atoms with Crippen LogP contribution < -0.4 is 10.2 Å². The summed E-state index contributed by atoms with van der Waals surface area (Å²) in [5.41, 5.74) is -0.0376. The lowest BCUT2D eigenvalue weighted by Gasteiger charge is -2.39. The van der Waals surface area contributed by atoms with Gasteiger partial charge in [0.2, 0.25) is 5.91 Å². The number of hydrogen-bond acceptors (Lipinski definition) is 3. The van der Waals surface area contributed by atoms with Crippen LogP contribution in [0.25, 0.3) is 0 Å². The smallest absolute Gasteiger partial charge is 0.369 e.